The average molecular weight is 367 g/mol. The van der Waals surface area contributed by atoms with Gasteiger partial charge in [-0.2, -0.15) is 10.2 Å². The zero-order valence-corrected chi connectivity index (χ0v) is 16.4. The molecule has 0 aliphatic carbocycles. The molecule has 0 unspecified atom stereocenters. The molecule has 3 rings (SSSR count). The van der Waals surface area contributed by atoms with Crippen LogP contribution in [-0.4, -0.2) is 32.6 Å². The minimum atomic E-state index is -0.172. The summed E-state index contributed by atoms with van der Waals surface area (Å²) < 4.78 is 8.82. The summed E-state index contributed by atoms with van der Waals surface area (Å²) in [5.41, 5.74) is 4.22. The molecular weight excluding hydrogens is 342 g/mol. The quantitative estimate of drug-likeness (QED) is 0.726. The number of aryl methyl sites for hydroxylation is 2. The van der Waals surface area contributed by atoms with Crippen molar-refractivity contribution in [1.82, 2.24) is 24.9 Å². The molecule has 1 N–H and O–H groups in total. The standard InChI is InChI=1S/C20H25N5O2/c1-6-24-12-19(14(3)23-24)20(26)22-13(2)18-11-21-25(15(18)4)16-7-9-17(27-5)10-8-16/h7-13H,6H2,1-5H3,(H,22,26)/t13-/m1/s1. The number of nitrogens with one attached hydrogen (secondary N) is 1. The normalized spacial score (nSPS) is 12.0. The number of carbonyl (C=O) groups is 1. The van der Waals surface area contributed by atoms with Crippen LogP contribution >= 0.6 is 0 Å². The van der Waals surface area contributed by atoms with Gasteiger partial charge in [-0.05, 0) is 52.0 Å². The van der Waals surface area contributed by atoms with Gasteiger partial charge in [-0.1, -0.05) is 0 Å². The second-order valence-corrected chi connectivity index (χ2v) is 6.47. The van der Waals surface area contributed by atoms with E-state index in [4.69, 9.17) is 4.74 Å². The fraction of sp³-hybridized carbons (Fsp3) is 0.350. The first-order valence-electron chi connectivity index (χ1n) is 8.98. The van der Waals surface area contributed by atoms with Crippen molar-refractivity contribution in [2.75, 3.05) is 7.11 Å². The summed E-state index contributed by atoms with van der Waals surface area (Å²) in [6.07, 6.45) is 3.58. The van der Waals surface area contributed by atoms with Gasteiger partial charge in [-0.25, -0.2) is 4.68 Å². The molecule has 2 heterocycles. The van der Waals surface area contributed by atoms with Crippen molar-refractivity contribution in [3.8, 4) is 11.4 Å². The number of hydrogen-bond acceptors (Lipinski definition) is 4. The van der Waals surface area contributed by atoms with Gasteiger partial charge in [0.25, 0.3) is 5.91 Å². The van der Waals surface area contributed by atoms with Crippen LogP contribution in [0.4, 0.5) is 0 Å². The Bertz CT molecular complexity index is 940. The first-order chi connectivity index (χ1) is 12.9. The summed E-state index contributed by atoms with van der Waals surface area (Å²) in [5, 5.41) is 11.9. The van der Waals surface area contributed by atoms with E-state index in [9.17, 15) is 4.79 Å². The van der Waals surface area contributed by atoms with E-state index >= 15 is 0 Å². The Morgan fingerprint density at radius 2 is 1.96 bits per heavy atom. The number of aromatic nitrogens is 4. The Balaban J connectivity index is 1.78. The molecule has 2 aromatic heterocycles. The van der Waals surface area contributed by atoms with Crippen LogP contribution in [0.25, 0.3) is 5.69 Å². The van der Waals surface area contributed by atoms with Crippen LogP contribution in [0.1, 0.15) is 47.2 Å². The molecule has 0 saturated carbocycles. The van der Waals surface area contributed by atoms with Gasteiger partial charge in [0.05, 0.1) is 36.3 Å². The van der Waals surface area contributed by atoms with Gasteiger partial charge >= 0.3 is 0 Å². The Kier molecular flexibility index (Phi) is 5.30. The summed E-state index contributed by atoms with van der Waals surface area (Å²) in [7, 11) is 1.64. The first kappa shape index (κ1) is 18.7. The molecule has 0 spiro atoms. The number of rotatable bonds is 6. The Labute approximate surface area is 159 Å². The summed E-state index contributed by atoms with van der Waals surface area (Å²) in [5.74, 6) is 0.670. The van der Waals surface area contributed by atoms with Crippen molar-refractivity contribution in [1.29, 1.82) is 0 Å². The minimum Gasteiger partial charge on any atom is -0.497 e. The second-order valence-electron chi connectivity index (χ2n) is 6.47. The highest BCUT2D eigenvalue weighted by atomic mass is 16.5. The largest absolute Gasteiger partial charge is 0.497 e. The lowest BCUT2D eigenvalue weighted by molar-refractivity contribution is 0.0939. The molecule has 0 radical (unpaired) electrons. The van der Waals surface area contributed by atoms with Crippen LogP contribution < -0.4 is 10.1 Å². The predicted octanol–water partition coefficient (Wildman–Crippen LogP) is 3.21. The number of carbonyl (C=O) groups excluding carboxylic acids is 1. The van der Waals surface area contributed by atoms with Crippen LogP contribution in [0.2, 0.25) is 0 Å². The number of hydrogen-bond donors (Lipinski definition) is 1. The third-order valence-electron chi connectivity index (χ3n) is 4.69. The number of nitrogens with zero attached hydrogens (tertiary/aromatic N) is 4. The zero-order valence-electron chi connectivity index (χ0n) is 16.4. The van der Waals surface area contributed by atoms with Crippen molar-refractivity contribution >= 4 is 5.91 Å². The third kappa shape index (κ3) is 3.72. The zero-order chi connectivity index (χ0) is 19.6. The van der Waals surface area contributed by atoms with Crippen LogP contribution in [0.15, 0.2) is 36.7 Å². The molecule has 7 nitrogen and oxygen atoms in total. The number of ether oxygens (including phenoxy) is 1. The van der Waals surface area contributed by atoms with Gasteiger partial charge in [0.2, 0.25) is 0 Å². The molecule has 27 heavy (non-hydrogen) atoms. The molecule has 0 saturated heterocycles. The van der Waals surface area contributed by atoms with Crippen molar-refractivity contribution < 1.29 is 9.53 Å². The Morgan fingerprint density at radius 3 is 2.56 bits per heavy atom. The van der Waals surface area contributed by atoms with Gasteiger partial charge in [0.15, 0.2) is 0 Å². The van der Waals surface area contributed by atoms with Crippen LogP contribution in [0.3, 0.4) is 0 Å². The highest BCUT2D eigenvalue weighted by Gasteiger charge is 2.19. The smallest absolute Gasteiger partial charge is 0.255 e. The molecule has 3 aromatic rings. The fourth-order valence-corrected chi connectivity index (χ4v) is 3.09. The van der Waals surface area contributed by atoms with Crippen LogP contribution in [0.5, 0.6) is 5.75 Å². The van der Waals surface area contributed by atoms with E-state index in [0.717, 1.165) is 34.9 Å². The lowest BCUT2D eigenvalue weighted by Crippen LogP contribution is -2.27. The van der Waals surface area contributed by atoms with E-state index in [0.29, 0.717) is 5.56 Å². The van der Waals surface area contributed by atoms with E-state index in [1.165, 1.54) is 0 Å². The van der Waals surface area contributed by atoms with E-state index in [1.54, 1.807) is 24.2 Å². The van der Waals surface area contributed by atoms with Gasteiger partial charge in [-0.3, -0.25) is 9.48 Å². The topological polar surface area (TPSA) is 74.0 Å². The lowest BCUT2D eigenvalue weighted by atomic mass is 10.1. The number of amides is 1. The summed E-state index contributed by atoms with van der Waals surface area (Å²) in [6, 6.07) is 7.53. The van der Waals surface area contributed by atoms with Crippen molar-refractivity contribution in [2.24, 2.45) is 0 Å². The van der Waals surface area contributed by atoms with Gasteiger partial charge in [-0.15, -0.1) is 0 Å². The summed E-state index contributed by atoms with van der Waals surface area (Å²) >= 11 is 0. The second kappa shape index (κ2) is 7.65. The van der Waals surface area contributed by atoms with E-state index in [-0.39, 0.29) is 11.9 Å². The number of methoxy groups -OCH3 is 1. The van der Waals surface area contributed by atoms with E-state index in [1.807, 2.05) is 56.6 Å². The van der Waals surface area contributed by atoms with Gasteiger partial charge < -0.3 is 10.1 Å². The molecule has 1 atom stereocenters. The van der Waals surface area contributed by atoms with Gasteiger partial charge in [0, 0.05) is 24.0 Å². The molecule has 1 aromatic carbocycles. The molecule has 142 valence electrons. The maximum Gasteiger partial charge on any atom is 0.255 e. The summed E-state index contributed by atoms with van der Waals surface area (Å²) in [4.78, 5) is 12.6. The molecule has 0 bridgehead atoms. The predicted molar refractivity (Wildman–Crippen MR) is 103 cm³/mol. The third-order valence-corrected chi connectivity index (χ3v) is 4.69. The Hall–Kier alpha value is -3.09. The highest BCUT2D eigenvalue weighted by molar-refractivity contribution is 5.95. The number of benzene rings is 1. The van der Waals surface area contributed by atoms with Crippen LogP contribution in [-0.2, 0) is 6.54 Å². The molecule has 7 heteroatoms. The molecule has 1 amide bonds. The van der Waals surface area contributed by atoms with E-state index < -0.39 is 0 Å². The van der Waals surface area contributed by atoms with Gasteiger partial charge in [0.1, 0.15) is 5.75 Å². The lowest BCUT2D eigenvalue weighted by Gasteiger charge is -2.14. The van der Waals surface area contributed by atoms with Crippen molar-refractivity contribution in [3.63, 3.8) is 0 Å². The fourth-order valence-electron chi connectivity index (χ4n) is 3.09. The Morgan fingerprint density at radius 1 is 1.26 bits per heavy atom. The van der Waals surface area contributed by atoms with E-state index in [2.05, 4.69) is 15.5 Å². The molecule has 0 fully saturated rings. The maximum absolute atomic E-state index is 12.6. The molecule has 0 aliphatic heterocycles. The molecule has 0 aliphatic rings. The maximum atomic E-state index is 12.6. The van der Waals surface area contributed by atoms with Crippen molar-refractivity contribution in [2.45, 2.75) is 40.3 Å². The monoisotopic (exact) mass is 367 g/mol. The van der Waals surface area contributed by atoms with Crippen LogP contribution in [0, 0.1) is 13.8 Å². The highest BCUT2D eigenvalue weighted by Crippen LogP contribution is 2.22. The first-order valence-corrected chi connectivity index (χ1v) is 8.98. The average Bonchev–Trinajstić information content (AvgIpc) is 3.24. The SMILES string of the molecule is CCn1cc(C(=O)N[C@H](C)c2cnn(-c3ccc(OC)cc3)c2C)c(C)n1. The summed E-state index contributed by atoms with van der Waals surface area (Å²) in [6.45, 7) is 8.53. The molecular formula is C20H25N5O2. The minimum absolute atomic E-state index is 0.128. The van der Waals surface area contributed by atoms with Crippen molar-refractivity contribution in [3.05, 3.63) is 59.2 Å².